The van der Waals surface area contributed by atoms with Gasteiger partial charge < -0.3 is 10.1 Å². The number of hydrogen-bond donors (Lipinski definition) is 2. The van der Waals surface area contributed by atoms with Crippen LogP contribution >= 0.6 is 15.9 Å². The number of halogens is 1. The zero-order chi connectivity index (χ0) is 19.4. The fraction of sp³-hybridized carbons (Fsp3) is 0.211. The number of nitrogens with one attached hydrogen (secondary N) is 1. The van der Waals surface area contributed by atoms with Gasteiger partial charge in [0.15, 0.2) is 5.65 Å². The van der Waals surface area contributed by atoms with Crippen LogP contribution in [0.1, 0.15) is 17.8 Å². The molecule has 0 saturated carbocycles. The van der Waals surface area contributed by atoms with E-state index in [9.17, 15) is 9.59 Å². The number of fused-ring (bicyclic) bond motifs is 1. The zero-order valence-corrected chi connectivity index (χ0v) is 15.9. The molecule has 0 saturated heterocycles. The van der Waals surface area contributed by atoms with Crippen LogP contribution in [0.4, 0.5) is 0 Å². The number of nitrogens with zero attached hydrogens (tertiary/aromatic N) is 3. The number of imidazole rings is 1. The Bertz CT molecular complexity index is 1160. The summed E-state index contributed by atoms with van der Waals surface area (Å²) in [5.41, 5.74) is 0.361. The second kappa shape index (κ2) is 8.20. The van der Waals surface area contributed by atoms with Crippen molar-refractivity contribution in [2.45, 2.75) is 19.5 Å². The molecule has 2 N–H and O–H groups in total. The van der Waals surface area contributed by atoms with Crippen LogP contribution < -0.4 is 11.2 Å². The Hall–Kier alpha value is -2.89. The second-order valence-corrected chi connectivity index (χ2v) is 6.73. The van der Waals surface area contributed by atoms with Gasteiger partial charge in [0.25, 0.3) is 5.56 Å². The fourth-order valence-corrected chi connectivity index (χ4v) is 3.13. The second-order valence-electron chi connectivity index (χ2n) is 5.82. The monoisotopic (exact) mass is 428 g/mol. The summed E-state index contributed by atoms with van der Waals surface area (Å²) in [4.78, 5) is 32.5. The summed E-state index contributed by atoms with van der Waals surface area (Å²) in [5.74, 6) is 2.76. The molecule has 3 aromatic rings. The van der Waals surface area contributed by atoms with Crippen LogP contribution in [0.3, 0.4) is 0 Å². The van der Waals surface area contributed by atoms with Gasteiger partial charge in [-0.3, -0.25) is 9.36 Å². The summed E-state index contributed by atoms with van der Waals surface area (Å²) >= 11 is 3.41. The Kier molecular flexibility index (Phi) is 5.74. The van der Waals surface area contributed by atoms with E-state index in [1.807, 2.05) is 30.3 Å². The summed E-state index contributed by atoms with van der Waals surface area (Å²) in [6.45, 7) is 0.0214. The fourth-order valence-electron chi connectivity index (χ4n) is 2.71. The molecular weight excluding hydrogens is 412 g/mol. The van der Waals surface area contributed by atoms with E-state index in [2.05, 4.69) is 31.8 Å². The van der Waals surface area contributed by atoms with Crippen LogP contribution in [0.2, 0.25) is 0 Å². The van der Waals surface area contributed by atoms with Gasteiger partial charge in [-0.25, -0.2) is 14.3 Å². The molecule has 0 unspecified atom stereocenters. The number of terminal acetylenes is 1. The van der Waals surface area contributed by atoms with E-state index in [-0.39, 0.29) is 30.9 Å². The van der Waals surface area contributed by atoms with Crippen LogP contribution in [0, 0.1) is 12.3 Å². The highest BCUT2D eigenvalue weighted by Gasteiger charge is 2.16. The third-order valence-electron chi connectivity index (χ3n) is 3.95. The molecule has 0 amide bonds. The number of aromatic nitrogens is 4. The van der Waals surface area contributed by atoms with Gasteiger partial charge in [0.1, 0.15) is 11.3 Å². The third kappa shape index (κ3) is 3.94. The summed E-state index contributed by atoms with van der Waals surface area (Å²) in [6.07, 6.45) is 9.22. The molecule has 8 heteroatoms. The highest BCUT2D eigenvalue weighted by Crippen LogP contribution is 2.14. The van der Waals surface area contributed by atoms with Crippen LogP contribution in [0.5, 0.6) is 0 Å². The van der Waals surface area contributed by atoms with E-state index in [0.717, 1.165) is 14.6 Å². The number of hydrogen-bond acceptors (Lipinski definition) is 4. The summed E-state index contributed by atoms with van der Waals surface area (Å²) in [5, 5.41) is 9.10. The lowest BCUT2D eigenvalue weighted by Crippen LogP contribution is -2.40. The Morgan fingerprint density at radius 3 is 2.81 bits per heavy atom. The average molecular weight is 429 g/mol. The van der Waals surface area contributed by atoms with Gasteiger partial charge in [-0.2, -0.15) is 0 Å². The molecule has 0 aliphatic carbocycles. The Morgan fingerprint density at radius 1 is 1.30 bits per heavy atom. The van der Waals surface area contributed by atoms with Crippen molar-refractivity contribution in [1.82, 2.24) is 19.1 Å². The normalized spacial score (nSPS) is 11.3. The molecule has 0 atom stereocenters. The lowest BCUT2D eigenvalue weighted by Gasteiger charge is -2.08. The van der Waals surface area contributed by atoms with Crippen molar-refractivity contribution < 1.29 is 5.11 Å². The predicted molar refractivity (Wildman–Crippen MR) is 108 cm³/mol. The Labute approximate surface area is 163 Å². The average Bonchev–Trinajstić information content (AvgIpc) is 3.08. The van der Waals surface area contributed by atoms with Crippen molar-refractivity contribution in [3.05, 3.63) is 61.0 Å². The molecular formula is C19H17BrN4O3. The van der Waals surface area contributed by atoms with Crippen LogP contribution in [0.25, 0.3) is 23.3 Å². The summed E-state index contributed by atoms with van der Waals surface area (Å²) < 4.78 is 3.29. The SMILES string of the molecule is C#CCn1c(=O)c2[nH]c(/C=C/c3cccc(Br)c3)nc2n(CCCO)c1=O. The summed E-state index contributed by atoms with van der Waals surface area (Å²) in [6, 6.07) is 7.71. The van der Waals surface area contributed by atoms with Gasteiger partial charge in [-0.1, -0.05) is 40.1 Å². The topological polar surface area (TPSA) is 92.9 Å². The Balaban J connectivity index is 2.12. The first-order valence-corrected chi connectivity index (χ1v) is 9.05. The number of benzene rings is 1. The van der Waals surface area contributed by atoms with Crippen LogP contribution in [-0.4, -0.2) is 30.8 Å². The molecule has 138 valence electrons. The van der Waals surface area contributed by atoms with E-state index in [4.69, 9.17) is 11.5 Å². The van der Waals surface area contributed by atoms with Gasteiger partial charge >= 0.3 is 5.69 Å². The number of H-pyrrole nitrogens is 1. The van der Waals surface area contributed by atoms with E-state index in [1.54, 1.807) is 6.08 Å². The van der Waals surface area contributed by atoms with Crippen molar-refractivity contribution in [2.24, 2.45) is 0 Å². The zero-order valence-electron chi connectivity index (χ0n) is 14.4. The van der Waals surface area contributed by atoms with Gasteiger partial charge in [0.2, 0.25) is 0 Å². The third-order valence-corrected chi connectivity index (χ3v) is 4.44. The largest absolute Gasteiger partial charge is 0.396 e. The van der Waals surface area contributed by atoms with E-state index in [1.165, 1.54) is 4.57 Å². The first kappa shape index (κ1) is 18.9. The number of aromatic amines is 1. The minimum atomic E-state index is -0.534. The number of rotatable bonds is 6. The highest BCUT2D eigenvalue weighted by molar-refractivity contribution is 9.10. The van der Waals surface area contributed by atoms with Gasteiger partial charge in [0.05, 0.1) is 6.54 Å². The molecule has 2 aromatic heterocycles. The molecule has 27 heavy (non-hydrogen) atoms. The van der Waals surface area contributed by atoms with E-state index >= 15 is 0 Å². The Morgan fingerprint density at radius 2 is 2.11 bits per heavy atom. The maximum absolute atomic E-state index is 12.6. The molecule has 7 nitrogen and oxygen atoms in total. The molecule has 0 bridgehead atoms. The standard InChI is InChI=1S/C19H17BrN4O3/c1-2-9-24-18(26)16-17(23(19(24)27)10-4-11-25)22-15(21-16)8-7-13-5-3-6-14(20)12-13/h1,3,5-8,12,25H,4,9-11H2,(H,21,22)/b8-7+. The molecule has 0 radical (unpaired) electrons. The van der Waals surface area contributed by atoms with Crippen molar-refractivity contribution in [2.75, 3.05) is 6.61 Å². The van der Waals surface area contributed by atoms with Crippen molar-refractivity contribution >= 4 is 39.2 Å². The molecule has 3 rings (SSSR count). The van der Waals surface area contributed by atoms with Gasteiger partial charge in [-0.15, -0.1) is 6.42 Å². The molecule has 0 aliphatic rings. The minimum absolute atomic E-state index is 0.0811. The van der Waals surface area contributed by atoms with Crippen LogP contribution in [0.15, 0.2) is 38.3 Å². The van der Waals surface area contributed by atoms with Crippen molar-refractivity contribution in [3.8, 4) is 12.3 Å². The first-order valence-electron chi connectivity index (χ1n) is 8.26. The first-order chi connectivity index (χ1) is 13.0. The quantitative estimate of drug-likeness (QED) is 0.585. The molecule has 2 heterocycles. The molecule has 0 fully saturated rings. The number of aryl methyl sites for hydroxylation is 1. The smallest absolute Gasteiger partial charge is 0.333 e. The maximum atomic E-state index is 12.6. The minimum Gasteiger partial charge on any atom is -0.396 e. The van der Waals surface area contributed by atoms with Gasteiger partial charge in [0, 0.05) is 17.6 Å². The molecule has 1 aromatic carbocycles. The lowest BCUT2D eigenvalue weighted by molar-refractivity contribution is 0.279. The number of aliphatic hydroxyl groups is 1. The maximum Gasteiger partial charge on any atom is 0.333 e. The lowest BCUT2D eigenvalue weighted by atomic mass is 10.2. The molecule has 0 spiro atoms. The van der Waals surface area contributed by atoms with Crippen molar-refractivity contribution in [3.63, 3.8) is 0 Å². The van der Waals surface area contributed by atoms with Crippen molar-refractivity contribution in [1.29, 1.82) is 0 Å². The number of aliphatic hydroxyl groups excluding tert-OH is 1. The van der Waals surface area contributed by atoms with Gasteiger partial charge in [-0.05, 0) is 30.2 Å². The van der Waals surface area contributed by atoms with E-state index < -0.39 is 11.2 Å². The summed E-state index contributed by atoms with van der Waals surface area (Å²) in [7, 11) is 0. The van der Waals surface area contributed by atoms with Crippen LogP contribution in [-0.2, 0) is 13.1 Å². The molecule has 0 aliphatic heterocycles. The predicted octanol–water partition coefficient (Wildman–Crippen LogP) is 1.83. The highest BCUT2D eigenvalue weighted by atomic mass is 79.9. The van der Waals surface area contributed by atoms with E-state index in [0.29, 0.717) is 12.2 Å².